The first kappa shape index (κ1) is 20.2. The number of ether oxygens (including phenoxy) is 1. The molecule has 5 heteroatoms. The Labute approximate surface area is 191 Å². The number of nitriles is 1. The highest BCUT2D eigenvalue weighted by molar-refractivity contribution is 14.1. The van der Waals surface area contributed by atoms with Crippen LogP contribution in [0.25, 0.3) is 11.6 Å². The molecule has 0 heterocycles. The van der Waals surface area contributed by atoms with E-state index >= 15 is 0 Å². The van der Waals surface area contributed by atoms with Crippen molar-refractivity contribution in [3.05, 3.63) is 95.6 Å². The van der Waals surface area contributed by atoms with Crippen molar-refractivity contribution < 1.29 is 4.74 Å². The van der Waals surface area contributed by atoms with Gasteiger partial charge in [0.2, 0.25) is 0 Å². The van der Waals surface area contributed by atoms with E-state index in [2.05, 4.69) is 51.3 Å². The monoisotopic (exact) mass is 597 g/mol. The third-order valence-corrected chi connectivity index (χ3v) is 5.65. The molecule has 0 aliphatic rings. The van der Waals surface area contributed by atoms with Gasteiger partial charge >= 0.3 is 0 Å². The summed E-state index contributed by atoms with van der Waals surface area (Å²) in [6.07, 6.45) is 1.87. The summed E-state index contributed by atoms with van der Waals surface area (Å²) in [5.41, 5.74) is 3.45. The van der Waals surface area contributed by atoms with E-state index in [-0.39, 0.29) is 0 Å². The van der Waals surface area contributed by atoms with Crippen LogP contribution in [0, 0.1) is 18.5 Å². The summed E-state index contributed by atoms with van der Waals surface area (Å²) >= 11 is 10.6. The molecule has 0 fully saturated rings. The second-order valence-electron chi connectivity index (χ2n) is 5.77. The van der Waals surface area contributed by atoms with Crippen molar-refractivity contribution in [3.63, 3.8) is 0 Å². The average molecular weight is 598 g/mol. The molecule has 0 spiro atoms. The van der Waals surface area contributed by atoms with Crippen LogP contribution < -0.4 is 4.74 Å². The zero-order valence-corrected chi connectivity index (χ0v) is 19.2. The Hall–Kier alpha value is -1.56. The van der Waals surface area contributed by atoms with Crippen molar-refractivity contribution in [2.24, 2.45) is 0 Å². The predicted molar refractivity (Wildman–Crippen MR) is 128 cm³/mol. The van der Waals surface area contributed by atoms with E-state index in [1.807, 2.05) is 60.7 Å². The van der Waals surface area contributed by atoms with Crippen LogP contribution in [0.5, 0.6) is 5.75 Å². The molecule has 0 N–H and O–H groups in total. The number of benzene rings is 3. The van der Waals surface area contributed by atoms with Crippen LogP contribution >= 0.6 is 56.8 Å². The average Bonchev–Trinajstić information content (AvgIpc) is 2.66. The van der Waals surface area contributed by atoms with Crippen LogP contribution in [0.1, 0.15) is 16.7 Å². The standard InChI is InChI=1S/C22H14ClI2NO/c23-19-8-4-7-17(12-19)18(13-26)9-16-10-20(24)22(21(25)11-16)27-14-15-5-2-1-3-6-15/h1-12H,14H2/b18-9-. The van der Waals surface area contributed by atoms with E-state index < -0.39 is 0 Å². The van der Waals surface area contributed by atoms with Crippen molar-refractivity contribution in [1.82, 2.24) is 0 Å². The Morgan fingerprint density at radius 3 is 2.33 bits per heavy atom. The molecule has 0 atom stereocenters. The molecule has 0 saturated heterocycles. The molecule has 3 rings (SSSR count). The minimum absolute atomic E-state index is 0.522. The summed E-state index contributed by atoms with van der Waals surface area (Å²) in [7, 11) is 0. The zero-order valence-electron chi connectivity index (χ0n) is 14.1. The Morgan fingerprint density at radius 2 is 1.70 bits per heavy atom. The Morgan fingerprint density at radius 1 is 1.00 bits per heavy atom. The first-order chi connectivity index (χ1) is 13.1. The molecule has 0 saturated carbocycles. The fraction of sp³-hybridized carbons (Fsp3) is 0.0455. The quantitative estimate of drug-likeness (QED) is 0.177. The number of allylic oxidation sites excluding steroid dienone is 1. The zero-order chi connectivity index (χ0) is 19.2. The summed E-state index contributed by atoms with van der Waals surface area (Å²) in [6, 6.07) is 23.7. The van der Waals surface area contributed by atoms with Crippen molar-refractivity contribution in [1.29, 1.82) is 5.26 Å². The fourth-order valence-corrected chi connectivity index (χ4v) is 4.85. The van der Waals surface area contributed by atoms with Crippen LogP contribution in [-0.4, -0.2) is 0 Å². The molecule has 134 valence electrons. The van der Waals surface area contributed by atoms with Gasteiger partial charge in [0.15, 0.2) is 0 Å². The SMILES string of the molecule is N#C/C(=C/c1cc(I)c(OCc2ccccc2)c(I)c1)c1cccc(Cl)c1. The lowest BCUT2D eigenvalue weighted by molar-refractivity contribution is 0.302. The summed E-state index contributed by atoms with van der Waals surface area (Å²) < 4.78 is 8.03. The van der Waals surface area contributed by atoms with Crippen molar-refractivity contribution in [2.45, 2.75) is 6.61 Å². The molecular weight excluding hydrogens is 584 g/mol. The summed E-state index contributed by atoms with van der Waals surface area (Å²) in [4.78, 5) is 0. The number of rotatable bonds is 5. The Bertz CT molecular complexity index is 1000. The van der Waals surface area contributed by atoms with Gasteiger partial charge in [0.25, 0.3) is 0 Å². The van der Waals surface area contributed by atoms with Crippen LogP contribution in [0.3, 0.4) is 0 Å². The van der Waals surface area contributed by atoms with Crippen molar-refractivity contribution in [2.75, 3.05) is 0 Å². The number of hydrogen-bond donors (Lipinski definition) is 0. The van der Waals surface area contributed by atoms with Gasteiger partial charge in [0.05, 0.1) is 18.8 Å². The highest BCUT2D eigenvalue weighted by Gasteiger charge is 2.10. The smallest absolute Gasteiger partial charge is 0.146 e. The van der Waals surface area contributed by atoms with Crippen LogP contribution in [0.4, 0.5) is 0 Å². The maximum absolute atomic E-state index is 9.55. The lowest BCUT2D eigenvalue weighted by Crippen LogP contribution is -1.99. The van der Waals surface area contributed by atoms with E-state index in [4.69, 9.17) is 16.3 Å². The molecule has 2 nitrogen and oxygen atoms in total. The van der Waals surface area contributed by atoms with Gasteiger partial charge in [-0.1, -0.05) is 54.1 Å². The van der Waals surface area contributed by atoms with Crippen LogP contribution in [-0.2, 0) is 6.61 Å². The Kier molecular flexibility index (Phi) is 7.16. The molecule has 0 aliphatic heterocycles. The minimum atomic E-state index is 0.522. The molecule has 3 aromatic rings. The molecule has 0 radical (unpaired) electrons. The van der Waals surface area contributed by atoms with Gasteiger partial charge in [-0.15, -0.1) is 0 Å². The molecule has 27 heavy (non-hydrogen) atoms. The van der Waals surface area contributed by atoms with E-state index in [9.17, 15) is 5.26 Å². The molecule has 0 aliphatic carbocycles. The maximum atomic E-state index is 9.55. The van der Waals surface area contributed by atoms with Crippen LogP contribution in [0.2, 0.25) is 5.02 Å². The third kappa shape index (κ3) is 5.47. The molecule has 0 unspecified atom stereocenters. The maximum Gasteiger partial charge on any atom is 0.146 e. The lowest BCUT2D eigenvalue weighted by Gasteiger charge is -2.12. The van der Waals surface area contributed by atoms with Gasteiger partial charge in [-0.3, -0.25) is 0 Å². The normalized spacial score (nSPS) is 11.1. The summed E-state index contributed by atoms with van der Waals surface area (Å²) in [5.74, 6) is 0.860. The molecule has 3 aromatic carbocycles. The molecule has 0 amide bonds. The largest absolute Gasteiger partial charge is 0.487 e. The van der Waals surface area contributed by atoms with Crippen molar-refractivity contribution in [3.8, 4) is 11.8 Å². The summed E-state index contributed by atoms with van der Waals surface area (Å²) in [6.45, 7) is 0.522. The van der Waals surface area contributed by atoms with Gasteiger partial charge in [0.1, 0.15) is 12.4 Å². The second-order valence-corrected chi connectivity index (χ2v) is 8.53. The fourth-order valence-electron chi connectivity index (χ4n) is 2.53. The predicted octanol–water partition coefficient (Wildman–Crippen LogP) is 7.19. The number of nitrogens with zero attached hydrogens (tertiary/aromatic N) is 1. The van der Waals surface area contributed by atoms with E-state index in [0.29, 0.717) is 17.2 Å². The summed E-state index contributed by atoms with van der Waals surface area (Å²) in [5, 5.41) is 10.2. The minimum Gasteiger partial charge on any atom is -0.487 e. The van der Waals surface area contributed by atoms with Crippen molar-refractivity contribution >= 4 is 68.4 Å². The topological polar surface area (TPSA) is 33.0 Å². The van der Waals surface area contributed by atoms with E-state index in [1.165, 1.54) is 0 Å². The van der Waals surface area contributed by atoms with Gasteiger partial charge in [-0.2, -0.15) is 5.26 Å². The van der Waals surface area contributed by atoms with Gasteiger partial charge in [-0.25, -0.2) is 0 Å². The molecule has 0 aromatic heterocycles. The second kappa shape index (κ2) is 9.58. The first-order valence-electron chi connectivity index (χ1n) is 8.10. The molecular formula is C22H14ClI2NO. The van der Waals surface area contributed by atoms with E-state index in [1.54, 1.807) is 12.1 Å². The van der Waals surface area contributed by atoms with Crippen LogP contribution in [0.15, 0.2) is 66.7 Å². The first-order valence-corrected chi connectivity index (χ1v) is 10.6. The highest BCUT2D eigenvalue weighted by atomic mass is 127. The highest BCUT2D eigenvalue weighted by Crippen LogP contribution is 2.31. The van der Waals surface area contributed by atoms with Gasteiger partial charge in [0, 0.05) is 5.02 Å². The third-order valence-electron chi connectivity index (χ3n) is 3.81. The number of hydrogen-bond acceptors (Lipinski definition) is 2. The Balaban J connectivity index is 1.86. The van der Waals surface area contributed by atoms with Gasteiger partial charge < -0.3 is 4.74 Å². The molecule has 0 bridgehead atoms. The lowest BCUT2D eigenvalue weighted by atomic mass is 10.0. The van der Waals surface area contributed by atoms with E-state index in [0.717, 1.165) is 29.6 Å². The number of halogens is 3. The van der Waals surface area contributed by atoms with Gasteiger partial charge in [-0.05, 0) is 92.2 Å².